The van der Waals surface area contributed by atoms with Crippen LogP contribution < -0.4 is 0 Å². The highest BCUT2D eigenvalue weighted by Crippen LogP contribution is 2.59. The number of aromatic nitrogens is 4. The summed E-state index contributed by atoms with van der Waals surface area (Å²) < 4.78 is 6.50. The second-order valence-corrected chi connectivity index (χ2v) is 15.0. The summed E-state index contributed by atoms with van der Waals surface area (Å²) in [5.41, 5.74) is 16.0. The van der Waals surface area contributed by atoms with Gasteiger partial charge in [0, 0.05) is 45.4 Å². The fourth-order valence-corrected chi connectivity index (χ4v) is 9.23. The number of rotatable bonds is 4. The standard InChI is InChI=1S/C53H32N4O/c1-3-14-35(15-4-1)47-30-48(38-31-54-51(55-32-38)36-16-5-2-6-17-36)57-52(56-47)37-26-25-34-24-23-33-13-7-10-20-43(33)53(45(34)27-37)44-21-11-8-18-39(44)41-29-50-42(28-46(41)53)40-19-9-12-22-49(40)58-50/h1-32H. The molecule has 1 atom stereocenters. The van der Waals surface area contributed by atoms with Crippen LogP contribution in [0.3, 0.4) is 0 Å². The van der Waals surface area contributed by atoms with E-state index in [0.29, 0.717) is 11.6 Å². The highest BCUT2D eigenvalue weighted by atomic mass is 16.3. The Labute approximate surface area is 334 Å². The molecule has 1 unspecified atom stereocenters. The molecule has 0 radical (unpaired) electrons. The molecule has 2 aliphatic carbocycles. The van der Waals surface area contributed by atoms with E-state index in [4.69, 9.17) is 24.4 Å². The average molecular weight is 741 g/mol. The van der Waals surface area contributed by atoms with Gasteiger partial charge in [0.25, 0.3) is 0 Å². The summed E-state index contributed by atoms with van der Waals surface area (Å²) in [5.74, 6) is 1.30. The van der Waals surface area contributed by atoms with Gasteiger partial charge in [-0.1, -0.05) is 152 Å². The number of nitrogens with zero attached hydrogens (tertiary/aromatic N) is 4. The minimum atomic E-state index is -0.648. The van der Waals surface area contributed by atoms with Gasteiger partial charge in [-0.25, -0.2) is 19.9 Å². The van der Waals surface area contributed by atoms with Gasteiger partial charge >= 0.3 is 0 Å². The molecule has 0 aliphatic heterocycles. The van der Waals surface area contributed by atoms with Crippen molar-refractivity contribution in [3.8, 4) is 56.4 Å². The molecular weight excluding hydrogens is 709 g/mol. The lowest BCUT2D eigenvalue weighted by atomic mass is 9.65. The zero-order chi connectivity index (χ0) is 38.2. The molecule has 5 nitrogen and oxygen atoms in total. The van der Waals surface area contributed by atoms with Crippen molar-refractivity contribution < 1.29 is 4.42 Å². The summed E-state index contributed by atoms with van der Waals surface area (Å²) in [6, 6.07) is 59.7. The highest BCUT2D eigenvalue weighted by Gasteiger charge is 2.49. The van der Waals surface area contributed by atoms with Gasteiger partial charge in [-0.05, 0) is 74.8 Å². The Bertz CT molecular complexity index is 3280. The highest BCUT2D eigenvalue weighted by molar-refractivity contribution is 6.08. The van der Waals surface area contributed by atoms with Crippen molar-refractivity contribution in [1.29, 1.82) is 0 Å². The third-order valence-electron chi connectivity index (χ3n) is 11.8. The number of para-hydroxylation sites is 1. The fraction of sp³-hybridized carbons (Fsp3) is 0.0189. The largest absolute Gasteiger partial charge is 0.456 e. The third kappa shape index (κ3) is 4.83. The van der Waals surface area contributed by atoms with Crippen LogP contribution in [0.25, 0.3) is 90.5 Å². The number of fused-ring (bicyclic) bond motifs is 12. The molecule has 3 aromatic heterocycles. The maximum Gasteiger partial charge on any atom is 0.160 e. The minimum absolute atomic E-state index is 0.630. The molecule has 1 spiro atoms. The maximum atomic E-state index is 6.50. The molecular formula is C53H32N4O. The molecule has 0 amide bonds. The Kier molecular flexibility index (Phi) is 7.07. The van der Waals surface area contributed by atoms with Crippen molar-refractivity contribution in [2.45, 2.75) is 5.41 Å². The second kappa shape index (κ2) is 12.6. The van der Waals surface area contributed by atoms with Crippen molar-refractivity contribution in [2.75, 3.05) is 0 Å². The first-order valence-electron chi connectivity index (χ1n) is 19.5. The molecule has 58 heavy (non-hydrogen) atoms. The predicted molar refractivity (Wildman–Crippen MR) is 233 cm³/mol. The summed E-state index contributed by atoms with van der Waals surface area (Å²) in [6.07, 6.45) is 8.24. The van der Waals surface area contributed by atoms with E-state index in [1.165, 1.54) is 38.9 Å². The number of hydrogen-bond acceptors (Lipinski definition) is 5. The molecule has 10 aromatic rings. The first kappa shape index (κ1) is 32.5. The summed E-state index contributed by atoms with van der Waals surface area (Å²) in [5, 5.41) is 2.22. The Morgan fingerprint density at radius 3 is 1.84 bits per heavy atom. The zero-order valence-corrected chi connectivity index (χ0v) is 31.2. The van der Waals surface area contributed by atoms with Crippen LogP contribution >= 0.6 is 0 Å². The van der Waals surface area contributed by atoms with E-state index < -0.39 is 5.41 Å². The minimum Gasteiger partial charge on any atom is -0.456 e. The Hall–Kier alpha value is -7.76. The van der Waals surface area contributed by atoms with Gasteiger partial charge in [-0.2, -0.15) is 0 Å². The van der Waals surface area contributed by atoms with Gasteiger partial charge in [-0.3, -0.25) is 0 Å². The average Bonchev–Trinajstić information content (AvgIpc) is 3.75. The van der Waals surface area contributed by atoms with Gasteiger partial charge in [0.1, 0.15) is 11.2 Å². The lowest BCUT2D eigenvalue weighted by molar-refractivity contribution is 0.668. The normalized spacial score (nSPS) is 14.9. The molecule has 0 saturated heterocycles. The van der Waals surface area contributed by atoms with E-state index >= 15 is 0 Å². The van der Waals surface area contributed by atoms with Crippen LogP contribution in [0.5, 0.6) is 0 Å². The maximum absolute atomic E-state index is 6.50. The fourth-order valence-electron chi connectivity index (χ4n) is 9.23. The summed E-state index contributed by atoms with van der Waals surface area (Å²) in [7, 11) is 0. The van der Waals surface area contributed by atoms with Crippen LogP contribution in [0.4, 0.5) is 0 Å². The second-order valence-electron chi connectivity index (χ2n) is 15.0. The molecule has 2 aliphatic rings. The van der Waals surface area contributed by atoms with Crippen LogP contribution in [0.15, 0.2) is 187 Å². The van der Waals surface area contributed by atoms with Crippen molar-refractivity contribution in [3.05, 3.63) is 216 Å². The topological polar surface area (TPSA) is 64.7 Å². The zero-order valence-electron chi connectivity index (χ0n) is 31.2. The van der Waals surface area contributed by atoms with Crippen LogP contribution in [0.2, 0.25) is 0 Å². The van der Waals surface area contributed by atoms with Crippen molar-refractivity contribution >= 4 is 34.1 Å². The van der Waals surface area contributed by atoms with Crippen LogP contribution in [-0.4, -0.2) is 19.9 Å². The quantitative estimate of drug-likeness (QED) is 0.180. The van der Waals surface area contributed by atoms with E-state index in [0.717, 1.165) is 61.1 Å². The summed E-state index contributed by atoms with van der Waals surface area (Å²) in [6.45, 7) is 0. The molecule has 3 heterocycles. The van der Waals surface area contributed by atoms with Gasteiger partial charge in [0.05, 0.1) is 16.8 Å². The lowest BCUT2D eigenvalue weighted by Crippen LogP contribution is -2.30. The van der Waals surface area contributed by atoms with Crippen molar-refractivity contribution in [2.24, 2.45) is 0 Å². The van der Waals surface area contributed by atoms with E-state index in [2.05, 4.69) is 121 Å². The van der Waals surface area contributed by atoms with Gasteiger partial charge in [0.15, 0.2) is 11.6 Å². The molecule has 0 saturated carbocycles. The molecule has 270 valence electrons. The van der Waals surface area contributed by atoms with Gasteiger partial charge in [-0.15, -0.1) is 0 Å². The number of hydrogen-bond donors (Lipinski definition) is 0. The van der Waals surface area contributed by atoms with Crippen LogP contribution in [0, 0.1) is 0 Å². The van der Waals surface area contributed by atoms with Crippen LogP contribution in [-0.2, 0) is 5.41 Å². The Morgan fingerprint density at radius 2 is 1.03 bits per heavy atom. The molecule has 0 bridgehead atoms. The van der Waals surface area contributed by atoms with Gasteiger partial charge < -0.3 is 4.42 Å². The first-order chi connectivity index (χ1) is 28.7. The number of benzene rings is 7. The van der Waals surface area contributed by atoms with Gasteiger partial charge in [0.2, 0.25) is 0 Å². The number of furan rings is 1. The smallest absolute Gasteiger partial charge is 0.160 e. The van der Waals surface area contributed by atoms with E-state index in [9.17, 15) is 0 Å². The lowest BCUT2D eigenvalue weighted by Gasteiger charge is -2.35. The van der Waals surface area contributed by atoms with Crippen LogP contribution in [0.1, 0.15) is 33.4 Å². The monoisotopic (exact) mass is 740 g/mol. The Balaban J connectivity index is 1.11. The molecule has 0 fully saturated rings. The molecule has 12 rings (SSSR count). The van der Waals surface area contributed by atoms with E-state index in [1.54, 1.807) is 0 Å². The summed E-state index contributed by atoms with van der Waals surface area (Å²) >= 11 is 0. The molecule has 7 aromatic carbocycles. The van der Waals surface area contributed by atoms with Crippen molar-refractivity contribution in [3.63, 3.8) is 0 Å². The first-order valence-corrected chi connectivity index (χ1v) is 19.5. The summed E-state index contributed by atoms with van der Waals surface area (Å²) in [4.78, 5) is 20.1. The third-order valence-corrected chi connectivity index (χ3v) is 11.8. The SMILES string of the molecule is C1=Cc2ccc(-c3nc(-c4ccccc4)cc(-c4cnc(-c5ccccc5)nc4)n3)cc2C2(c3ccccc31)c1ccccc1-c1cc3oc4ccccc4c3cc12. The van der Waals surface area contributed by atoms with Crippen molar-refractivity contribution in [1.82, 2.24) is 19.9 Å². The van der Waals surface area contributed by atoms with E-state index in [-0.39, 0.29) is 0 Å². The van der Waals surface area contributed by atoms with E-state index in [1.807, 2.05) is 73.1 Å². The predicted octanol–water partition coefficient (Wildman–Crippen LogP) is 12.7. The molecule has 0 N–H and O–H groups in total. The Morgan fingerprint density at radius 1 is 0.379 bits per heavy atom. The molecule has 5 heteroatoms.